The van der Waals surface area contributed by atoms with E-state index in [1.165, 1.54) is 5.75 Å². The Morgan fingerprint density at radius 3 is 3.06 bits per heavy atom. The Balaban J connectivity index is 2.04. The van der Waals surface area contributed by atoms with Crippen LogP contribution in [-0.4, -0.2) is 46.0 Å². The lowest BCUT2D eigenvalue weighted by Gasteiger charge is -2.29. The second kappa shape index (κ2) is 5.69. The number of aromatic nitrogens is 2. The predicted molar refractivity (Wildman–Crippen MR) is 73.5 cm³/mol. The molecule has 17 heavy (non-hydrogen) atoms. The van der Waals surface area contributed by atoms with Crippen LogP contribution in [0.3, 0.4) is 0 Å². The summed E-state index contributed by atoms with van der Waals surface area (Å²) in [6, 6.07) is 1.97. The Hall–Kier alpha value is -0.810. The first-order valence-corrected chi connectivity index (χ1v) is 7.08. The molecule has 1 saturated heterocycles. The molecule has 1 unspecified atom stereocenters. The van der Waals surface area contributed by atoms with Gasteiger partial charge in [0.05, 0.1) is 6.54 Å². The number of hydrogen-bond donors (Lipinski definition) is 1. The maximum Gasteiger partial charge on any atom is 0.144 e. The molecule has 1 N–H and O–H groups in total. The summed E-state index contributed by atoms with van der Waals surface area (Å²) < 4.78 is 0. The smallest absolute Gasteiger partial charge is 0.144 e. The molecule has 2 rings (SSSR count). The van der Waals surface area contributed by atoms with Gasteiger partial charge in [0.1, 0.15) is 11.6 Å². The number of aryl methyl sites for hydroxylation is 1. The fourth-order valence-corrected chi connectivity index (χ4v) is 3.15. The van der Waals surface area contributed by atoms with Gasteiger partial charge in [-0.1, -0.05) is 6.92 Å². The predicted octanol–water partition coefficient (Wildman–Crippen LogP) is 1.76. The van der Waals surface area contributed by atoms with Crippen molar-refractivity contribution in [3.63, 3.8) is 0 Å². The van der Waals surface area contributed by atoms with Gasteiger partial charge < -0.3 is 5.32 Å². The molecule has 94 valence electrons. The molecule has 0 spiro atoms. The van der Waals surface area contributed by atoms with Crippen LogP contribution in [0.15, 0.2) is 6.07 Å². The number of rotatable bonds is 3. The van der Waals surface area contributed by atoms with E-state index in [2.05, 4.69) is 27.1 Å². The van der Waals surface area contributed by atoms with Gasteiger partial charge in [-0.3, -0.25) is 4.90 Å². The van der Waals surface area contributed by atoms with Crippen LogP contribution in [0.1, 0.15) is 18.4 Å². The fourth-order valence-electron chi connectivity index (χ4n) is 2.06. The summed E-state index contributed by atoms with van der Waals surface area (Å²) in [4.78, 5) is 11.4. The minimum Gasteiger partial charge on any atom is -0.373 e. The van der Waals surface area contributed by atoms with E-state index >= 15 is 0 Å². The lowest BCUT2D eigenvalue weighted by Crippen LogP contribution is -2.36. The third-order valence-corrected chi connectivity index (χ3v) is 3.98. The van der Waals surface area contributed by atoms with Crippen LogP contribution in [-0.2, 0) is 6.54 Å². The van der Waals surface area contributed by atoms with Crippen LogP contribution >= 0.6 is 11.8 Å². The summed E-state index contributed by atoms with van der Waals surface area (Å²) in [5, 5.41) is 3.80. The first-order chi connectivity index (χ1) is 8.17. The zero-order valence-corrected chi connectivity index (χ0v) is 11.5. The highest BCUT2D eigenvalue weighted by molar-refractivity contribution is 7.99. The van der Waals surface area contributed by atoms with E-state index in [-0.39, 0.29) is 0 Å². The number of nitrogens with one attached hydrogen (secondary N) is 1. The lowest BCUT2D eigenvalue weighted by atomic mass is 10.3. The maximum atomic E-state index is 4.50. The standard InChI is InChI=1S/C12H20N4S/c1-9-6-11(13-3)15-12(14-9)8-16-4-5-17-10(2)7-16/h6,10H,4-5,7-8H2,1-3H3,(H,13,14,15). The third-order valence-electron chi connectivity index (χ3n) is 2.85. The van der Waals surface area contributed by atoms with Gasteiger partial charge in [0.25, 0.3) is 0 Å². The quantitative estimate of drug-likeness (QED) is 0.888. The second-order valence-electron chi connectivity index (χ2n) is 4.48. The van der Waals surface area contributed by atoms with Crippen molar-refractivity contribution in [2.24, 2.45) is 0 Å². The van der Waals surface area contributed by atoms with Crippen LogP contribution < -0.4 is 5.32 Å². The highest BCUT2D eigenvalue weighted by Crippen LogP contribution is 2.19. The van der Waals surface area contributed by atoms with Gasteiger partial charge in [0.15, 0.2) is 0 Å². The first kappa shape index (κ1) is 12.6. The molecule has 0 radical (unpaired) electrons. The van der Waals surface area contributed by atoms with Crippen molar-refractivity contribution in [1.82, 2.24) is 14.9 Å². The monoisotopic (exact) mass is 252 g/mol. The van der Waals surface area contributed by atoms with E-state index in [9.17, 15) is 0 Å². The molecule has 1 fully saturated rings. The Morgan fingerprint density at radius 2 is 2.35 bits per heavy atom. The van der Waals surface area contributed by atoms with Crippen molar-refractivity contribution in [2.75, 3.05) is 31.2 Å². The molecule has 1 aliphatic heterocycles. The number of thioether (sulfide) groups is 1. The van der Waals surface area contributed by atoms with E-state index in [1.807, 2.05) is 31.8 Å². The molecule has 0 aromatic carbocycles. The number of anilines is 1. The summed E-state index contributed by atoms with van der Waals surface area (Å²) in [5.74, 6) is 3.05. The minimum atomic E-state index is 0.720. The lowest BCUT2D eigenvalue weighted by molar-refractivity contribution is 0.271. The molecule has 0 aliphatic carbocycles. The van der Waals surface area contributed by atoms with Crippen molar-refractivity contribution in [3.8, 4) is 0 Å². The molecule has 1 aromatic rings. The van der Waals surface area contributed by atoms with Crippen LogP contribution in [0.5, 0.6) is 0 Å². The van der Waals surface area contributed by atoms with Crippen LogP contribution in [0.2, 0.25) is 0 Å². The zero-order valence-electron chi connectivity index (χ0n) is 10.7. The molecule has 1 aromatic heterocycles. The summed E-state index contributed by atoms with van der Waals surface area (Å²) in [6.45, 7) is 7.44. The molecule has 2 heterocycles. The summed E-state index contributed by atoms with van der Waals surface area (Å²) in [6.07, 6.45) is 0. The molecule has 0 saturated carbocycles. The molecule has 1 atom stereocenters. The topological polar surface area (TPSA) is 41.1 Å². The Labute approximate surface area is 107 Å². The highest BCUT2D eigenvalue weighted by atomic mass is 32.2. The summed E-state index contributed by atoms with van der Waals surface area (Å²) in [7, 11) is 1.89. The highest BCUT2D eigenvalue weighted by Gasteiger charge is 2.17. The number of hydrogen-bond acceptors (Lipinski definition) is 5. The Bertz CT molecular complexity index is 383. The Kier molecular flexibility index (Phi) is 4.23. The van der Waals surface area contributed by atoms with Crippen molar-refractivity contribution < 1.29 is 0 Å². The molecular weight excluding hydrogens is 232 g/mol. The maximum absolute atomic E-state index is 4.50. The van der Waals surface area contributed by atoms with Gasteiger partial charge >= 0.3 is 0 Å². The molecular formula is C12H20N4S. The average Bonchev–Trinajstić information content (AvgIpc) is 2.28. The van der Waals surface area contributed by atoms with Gasteiger partial charge in [0.2, 0.25) is 0 Å². The van der Waals surface area contributed by atoms with Crippen molar-refractivity contribution in [1.29, 1.82) is 0 Å². The van der Waals surface area contributed by atoms with Crippen LogP contribution in [0.25, 0.3) is 0 Å². The summed E-state index contributed by atoms with van der Waals surface area (Å²) in [5.41, 5.74) is 1.03. The van der Waals surface area contributed by atoms with Gasteiger partial charge in [-0.05, 0) is 6.92 Å². The van der Waals surface area contributed by atoms with E-state index < -0.39 is 0 Å². The largest absolute Gasteiger partial charge is 0.373 e. The van der Waals surface area contributed by atoms with Crippen molar-refractivity contribution in [2.45, 2.75) is 25.6 Å². The van der Waals surface area contributed by atoms with Gasteiger partial charge in [-0.25, -0.2) is 9.97 Å². The second-order valence-corrected chi connectivity index (χ2v) is 6.02. The molecule has 4 nitrogen and oxygen atoms in total. The third kappa shape index (κ3) is 3.57. The molecule has 5 heteroatoms. The van der Waals surface area contributed by atoms with Crippen LogP contribution in [0.4, 0.5) is 5.82 Å². The van der Waals surface area contributed by atoms with E-state index in [1.54, 1.807) is 0 Å². The molecule has 0 bridgehead atoms. The number of nitrogens with zero attached hydrogens (tertiary/aromatic N) is 3. The summed E-state index contributed by atoms with van der Waals surface area (Å²) >= 11 is 2.05. The Morgan fingerprint density at radius 1 is 1.53 bits per heavy atom. The van der Waals surface area contributed by atoms with Gasteiger partial charge in [0, 0.05) is 42.9 Å². The van der Waals surface area contributed by atoms with E-state index in [4.69, 9.17) is 0 Å². The van der Waals surface area contributed by atoms with Crippen LogP contribution in [0, 0.1) is 6.92 Å². The van der Waals surface area contributed by atoms with Gasteiger partial charge in [-0.2, -0.15) is 11.8 Å². The fraction of sp³-hybridized carbons (Fsp3) is 0.667. The average molecular weight is 252 g/mol. The van der Waals surface area contributed by atoms with E-state index in [0.717, 1.165) is 42.2 Å². The normalized spacial score (nSPS) is 21.5. The molecule has 0 amide bonds. The molecule has 1 aliphatic rings. The first-order valence-electron chi connectivity index (χ1n) is 6.03. The zero-order chi connectivity index (χ0) is 12.3. The van der Waals surface area contributed by atoms with Crippen molar-refractivity contribution >= 4 is 17.6 Å². The SMILES string of the molecule is CNc1cc(C)nc(CN2CCSC(C)C2)n1. The van der Waals surface area contributed by atoms with E-state index in [0.29, 0.717) is 0 Å². The van der Waals surface area contributed by atoms with Crippen molar-refractivity contribution in [3.05, 3.63) is 17.6 Å². The van der Waals surface area contributed by atoms with Gasteiger partial charge in [-0.15, -0.1) is 0 Å². The minimum absolute atomic E-state index is 0.720.